The number of hydrogen-bond acceptors (Lipinski definition) is 2. The van der Waals surface area contributed by atoms with Gasteiger partial charge >= 0.3 is 0 Å². The van der Waals surface area contributed by atoms with Gasteiger partial charge in [0, 0.05) is 35.6 Å². The highest BCUT2D eigenvalue weighted by Crippen LogP contribution is 2.31. The maximum absolute atomic E-state index is 6.15. The van der Waals surface area contributed by atoms with Gasteiger partial charge in [-0.05, 0) is 25.1 Å². The summed E-state index contributed by atoms with van der Waals surface area (Å²) < 4.78 is 1.87. The number of nitrogens with zero attached hydrogens (tertiary/aromatic N) is 2. The van der Waals surface area contributed by atoms with E-state index in [4.69, 9.17) is 34.8 Å². The van der Waals surface area contributed by atoms with Crippen molar-refractivity contribution in [1.29, 1.82) is 0 Å². The first-order valence-electron chi connectivity index (χ1n) is 5.91. The predicted octanol–water partition coefficient (Wildman–Crippen LogP) is 4.02. The van der Waals surface area contributed by atoms with Gasteiger partial charge in [0.25, 0.3) is 0 Å². The Hall–Kier alpha value is -0.740. The number of nitrogens with one attached hydrogen (secondary N) is 1. The number of benzene rings is 1. The molecule has 2 aromatic rings. The van der Waals surface area contributed by atoms with Crippen LogP contribution in [0.25, 0.3) is 0 Å². The van der Waals surface area contributed by atoms with Crippen molar-refractivity contribution in [3.8, 4) is 0 Å². The van der Waals surface area contributed by atoms with E-state index in [0.717, 1.165) is 12.1 Å². The first-order valence-corrected chi connectivity index (χ1v) is 7.04. The summed E-state index contributed by atoms with van der Waals surface area (Å²) in [4.78, 5) is 0. The maximum Gasteiger partial charge on any atom is 0.0652 e. The van der Waals surface area contributed by atoms with Crippen molar-refractivity contribution in [2.75, 3.05) is 0 Å². The van der Waals surface area contributed by atoms with Crippen molar-refractivity contribution in [2.45, 2.75) is 26.1 Å². The molecular formula is C13H14Cl3N3. The molecule has 1 heterocycles. The van der Waals surface area contributed by atoms with E-state index in [9.17, 15) is 0 Å². The average molecular weight is 319 g/mol. The standard InChI is InChI=1S/C13H14Cl3N3/c1-9(8-19-6-2-5-18-19)17-7-10-11(14)3-4-12(15)13(10)16/h2-6,9,17H,7-8H2,1H3. The summed E-state index contributed by atoms with van der Waals surface area (Å²) in [6, 6.07) is 5.59. The summed E-state index contributed by atoms with van der Waals surface area (Å²) >= 11 is 18.3. The molecular weight excluding hydrogens is 305 g/mol. The fourth-order valence-corrected chi connectivity index (χ4v) is 2.44. The van der Waals surface area contributed by atoms with E-state index in [-0.39, 0.29) is 6.04 Å². The van der Waals surface area contributed by atoms with Gasteiger partial charge in [-0.3, -0.25) is 4.68 Å². The van der Waals surface area contributed by atoms with Gasteiger partial charge in [-0.1, -0.05) is 34.8 Å². The van der Waals surface area contributed by atoms with Crippen LogP contribution in [-0.2, 0) is 13.1 Å². The summed E-state index contributed by atoms with van der Waals surface area (Å²) in [6.45, 7) is 3.43. The summed E-state index contributed by atoms with van der Waals surface area (Å²) in [5.74, 6) is 0. The lowest BCUT2D eigenvalue weighted by Gasteiger charge is -2.15. The predicted molar refractivity (Wildman–Crippen MR) is 80.0 cm³/mol. The summed E-state index contributed by atoms with van der Waals surface area (Å²) in [7, 11) is 0. The molecule has 2 rings (SSSR count). The third kappa shape index (κ3) is 3.86. The lowest BCUT2D eigenvalue weighted by molar-refractivity contribution is 0.451. The van der Waals surface area contributed by atoms with Crippen molar-refractivity contribution >= 4 is 34.8 Å². The van der Waals surface area contributed by atoms with Gasteiger partial charge in [0.2, 0.25) is 0 Å². The third-order valence-corrected chi connectivity index (χ3v) is 3.98. The molecule has 0 saturated carbocycles. The van der Waals surface area contributed by atoms with Crippen LogP contribution in [0.5, 0.6) is 0 Å². The molecule has 1 aromatic heterocycles. The number of aromatic nitrogens is 2. The topological polar surface area (TPSA) is 29.9 Å². The molecule has 0 radical (unpaired) electrons. The van der Waals surface area contributed by atoms with Crippen molar-refractivity contribution in [2.24, 2.45) is 0 Å². The Morgan fingerprint density at radius 3 is 2.68 bits per heavy atom. The van der Waals surface area contributed by atoms with E-state index >= 15 is 0 Å². The first kappa shape index (κ1) is 14.7. The quantitative estimate of drug-likeness (QED) is 0.844. The first-order chi connectivity index (χ1) is 9.08. The highest BCUT2D eigenvalue weighted by Gasteiger charge is 2.11. The SMILES string of the molecule is CC(Cn1cccn1)NCc1c(Cl)ccc(Cl)c1Cl. The molecule has 0 aliphatic rings. The van der Waals surface area contributed by atoms with E-state index in [1.54, 1.807) is 18.3 Å². The van der Waals surface area contributed by atoms with E-state index in [0.29, 0.717) is 21.6 Å². The van der Waals surface area contributed by atoms with E-state index in [2.05, 4.69) is 17.3 Å². The monoisotopic (exact) mass is 317 g/mol. The molecule has 6 heteroatoms. The molecule has 0 fully saturated rings. The Kier molecular flexibility index (Phi) is 5.11. The van der Waals surface area contributed by atoms with E-state index < -0.39 is 0 Å². The lowest BCUT2D eigenvalue weighted by Crippen LogP contribution is -2.30. The fraction of sp³-hybridized carbons (Fsp3) is 0.308. The normalized spacial score (nSPS) is 12.6. The van der Waals surface area contributed by atoms with Crippen molar-refractivity contribution in [1.82, 2.24) is 15.1 Å². The zero-order chi connectivity index (χ0) is 13.8. The highest BCUT2D eigenvalue weighted by molar-refractivity contribution is 6.44. The van der Waals surface area contributed by atoms with Crippen LogP contribution in [0, 0.1) is 0 Å². The fourth-order valence-electron chi connectivity index (χ4n) is 1.76. The second-order valence-corrected chi connectivity index (χ2v) is 5.52. The summed E-state index contributed by atoms with van der Waals surface area (Å²) in [5.41, 5.74) is 0.822. The molecule has 1 unspecified atom stereocenters. The van der Waals surface area contributed by atoms with E-state index in [1.165, 1.54) is 0 Å². The second kappa shape index (κ2) is 6.62. The number of hydrogen-bond donors (Lipinski definition) is 1. The van der Waals surface area contributed by atoms with Crippen LogP contribution < -0.4 is 5.32 Å². The zero-order valence-corrected chi connectivity index (χ0v) is 12.7. The Bertz CT molecular complexity index is 540. The largest absolute Gasteiger partial charge is 0.308 e. The lowest BCUT2D eigenvalue weighted by atomic mass is 10.2. The molecule has 19 heavy (non-hydrogen) atoms. The molecule has 0 aliphatic carbocycles. The molecule has 0 saturated heterocycles. The maximum atomic E-state index is 6.15. The molecule has 0 bridgehead atoms. The molecule has 0 aliphatic heterocycles. The minimum atomic E-state index is 0.242. The molecule has 1 N–H and O–H groups in total. The van der Waals surface area contributed by atoms with Crippen LogP contribution >= 0.6 is 34.8 Å². The second-order valence-electron chi connectivity index (χ2n) is 4.33. The van der Waals surface area contributed by atoms with Crippen molar-refractivity contribution < 1.29 is 0 Å². The van der Waals surface area contributed by atoms with Crippen molar-refractivity contribution in [3.63, 3.8) is 0 Å². The Balaban J connectivity index is 1.97. The highest BCUT2D eigenvalue weighted by atomic mass is 35.5. The van der Waals surface area contributed by atoms with Gasteiger partial charge in [-0.2, -0.15) is 5.10 Å². The molecule has 1 atom stereocenters. The van der Waals surface area contributed by atoms with Crippen LogP contribution in [0.2, 0.25) is 15.1 Å². The molecule has 0 amide bonds. The minimum Gasteiger partial charge on any atom is -0.308 e. The zero-order valence-electron chi connectivity index (χ0n) is 10.4. The molecule has 1 aromatic carbocycles. The third-order valence-electron chi connectivity index (χ3n) is 2.79. The van der Waals surface area contributed by atoms with Crippen molar-refractivity contribution in [3.05, 3.63) is 51.2 Å². The summed E-state index contributed by atoms with van der Waals surface area (Å²) in [5, 5.41) is 9.16. The average Bonchev–Trinajstić information content (AvgIpc) is 2.87. The molecule has 3 nitrogen and oxygen atoms in total. The summed E-state index contributed by atoms with van der Waals surface area (Å²) in [6.07, 6.45) is 3.69. The Morgan fingerprint density at radius 2 is 2.00 bits per heavy atom. The number of rotatable bonds is 5. The van der Waals surface area contributed by atoms with Crippen LogP contribution in [0.3, 0.4) is 0 Å². The van der Waals surface area contributed by atoms with E-state index in [1.807, 2.05) is 16.9 Å². The molecule has 102 valence electrons. The van der Waals surface area contributed by atoms with Gasteiger partial charge in [0.15, 0.2) is 0 Å². The van der Waals surface area contributed by atoms with Gasteiger partial charge in [-0.25, -0.2) is 0 Å². The van der Waals surface area contributed by atoms with Crippen LogP contribution in [0.4, 0.5) is 0 Å². The van der Waals surface area contributed by atoms with Gasteiger partial charge in [0.1, 0.15) is 0 Å². The van der Waals surface area contributed by atoms with Gasteiger partial charge in [0.05, 0.1) is 16.6 Å². The molecule has 0 spiro atoms. The van der Waals surface area contributed by atoms with Gasteiger partial charge in [-0.15, -0.1) is 0 Å². The van der Waals surface area contributed by atoms with Crippen LogP contribution in [0.1, 0.15) is 12.5 Å². The number of halogens is 3. The van der Waals surface area contributed by atoms with Crippen LogP contribution in [0.15, 0.2) is 30.6 Å². The van der Waals surface area contributed by atoms with Crippen LogP contribution in [-0.4, -0.2) is 15.8 Å². The smallest absolute Gasteiger partial charge is 0.0652 e. The Labute approximate surface area is 127 Å². The Morgan fingerprint density at radius 1 is 1.26 bits per heavy atom. The minimum absolute atomic E-state index is 0.242. The van der Waals surface area contributed by atoms with Gasteiger partial charge < -0.3 is 5.32 Å².